The topological polar surface area (TPSA) is 177 Å². The molecule has 0 heterocycles. The molecule has 13 heavy (non-hydrogen) atoms. The lowest BCUT2D eigenvalue weighted by Crippen LogP contribution is -2.20. The van der Waals surface area contributed by atoms with Gasteiger partial charge in [0.1, 0.15) is 0 Å². The highest BCUT2D eigenvalue weighted by atomic mass is 16.9. The molecule has 0 amide bonds. The second kappa shape index (κ2) is 12.6. The molecule has 0 rings (SSSR count). The predicted octanol–water partition coefficient (Wildman–Crippen LogP) is -1.03. The van der Waals surface area contributed by atoms with Crippen LogP contribution in [0.2, 0.25) is 0 Å². The molecule has 9 nitrogen and oxygen atoms in total. The molecule has 0 radical (unpaired) electrons. The zero-order valence-electron chi connectivity index (χ0n) is 6.93. The number of rotatable bonds is 1. The van der Waals surface area contributed by atoms with Crippen LogP contribution in [0.1, 0.15) is 13.3 Å². The van der Waals surface area contributed by atoms with Crippen LogP contribution in [0, 0.1) is 15.5 Å². The summed E-state index contributed by atoms with van der Waals surface area (Å²) < 4.78 is 0. The number of aliphatic carboxylic acids is 1. The lowest BCUT2D eigenvalue weighted by Gasteiger charge is -1.71. The molecule has 0 saturated carbocycles. The van der Waals surface area contributed by atoms with Crippen molar-refractivity contribution in [3.63, 3.8) is 0 Å². The number of carbonyl (C=O) groups is 1. The van der Waals surface area contributed by atoms with Crippen molar-refractivity contribution in [2.24, 2.45) is 11.5 Å². The smallest absolute Gasteiger partial charge is 0.303 e. The summed E-state index contributed by atoms with van der Waals surface area (Å²) in [5.74, 6) is -1.08. The van der Waals surface area contributed by atoms with Gasteiger partial charge in [-0.15, -0.1) is 10.1 Å². The van der Waals surface area contributed by atoms with Gasteiger partial charge in [-0.3, -0.25) is 10.2 Å². The van der Waals surface area contributed by atoms with Crippen LogP contribution in [0.3, 0.4) is 0 Å². The molecule has 9 heteroatoms. The number of carboxylic acid groups (broad SMARTS) is 1. The standard InChI is InChI=1S/C3H6O2.CH5N3.HNO3/c1-2-3(4)5;2*2-1(3)4/h2H2,1H3,(H,4,5);(H5,2,3,4);(H,2,3,4). The molecule has 0 aromatic heterocycles. The molecule has 0 aromatic rings. The highest BCUT2D eigenvalue weighted by Gasteiger charge is 1.80. The average molecular weight is 196 g/mol. The normalized spacial score (nSPS) is 6.54. The van der Waals surface area contributed by atoms with Crippen molar-refractivity contribution >= 4 is 11.9 Å². The largest absolute Gasteiger partial charge is 0.481 e. The summed E-state index contributed by atoms with van der Waals surface area (Å²) >= 11 is 0. The van der Waals surface area contributed by atoms with Gasteiger partial charge in [0, 0.05) is 6.42 Å². The molecule has 7 N–H and O–H groups in total. The van der Waals surface area contributed by atoms with Gasteiger partial charge in [-0.1, -0.05) is 6.92 Å². The molecular weight excluding hydrogens is 184 g/mol. The van der Waals surface area contributed by atoms with Crippen LogP contribution in [0.5, 0.6) is 0 Å². The number of nitrogens with one attached hydrogen (secondary N) is 1. The molecule has 0 saturated heterocycles. The van der Waals surface area contributed by atoms with Crippen molar-refractivity contribution in [3.05, 3.63) is 10.1 Å². The Kier molecular flexibility index (Phi) is 16.6. The van der Waals surface area contributed by atoms with E-state index >= 15 is 0 Å². The maximum Gasteiger partial charge on any atom is 0.303 e. The van der Waals surface area contributed by atoms with Gasteiger partial charge in [-0.05, 0) is 0 Å². The highest BCUT2D eigenvalue weighted by Crippen LogP contribution is 1.67. The molecule has 0 atom stereocenters. The van der Waals surface area contributed by atoms with Crippen LogP contribution in [0.15, 0.2) is 0 Å². The van der Waals surface area contributed by atoms with E-state index in [4.69, 9.17) is 25.8 Å². The Labute approximate surface area is 73.6 Å². The molecule has 0 bridgehead atoms. The summed E-state index contributed by atoms with van der Waals surface area (Å²) in [7, 11) is 0. The van der Waals surface area contributed by atoms with Crippen LogP contribution in [0.25, 0.3) is 0 Å². The van der Waals surface area contributed by atoms with Gasteiger partial charge in [0.05, 0.1) is 0 Å². The molecule has 0 aliphatic carbocycles. The summed E-state index contributed by atoms with van der Waals surface area (Å²) in [5, 5.41) is 27.4. The zero-order valence-corrected chi connectivity index (χ0v) is 6.93. The van der Waals surface area contributed by atoms with E-state index in [1.165, 1.54) is 0 Å². The Morgan fingerprint density at radius 3 is 1.69 bits per heavy atom. The summed E-state index contributed by atoms with van der Waals surface area (Å²) in [6, 6.07) is 0. The van der Waals surface area contributed by atoms with E-state index in [0.29, 0.717) is 0 Å². The van der Waals surface area contributed by atoms with Gasteiger partial charge in [0.2, 0.25) is 0 Å². The number of nitrogens with two attached hydrogens (primary N) is 2. The average Bonchev–Trinajstić information content (AvgIpc) is 1.84. The number of hydrogen-bond acceptors (Lipinski definition) is 4. The first-order valence-electron chi connectivity index (χ1n) is 2.88. The van der Waals surface area contributed by atoms with Crippen LogP contribution >= 0.6 is 0 Å². The maximum atomic E-state index is 9.37. The van der Waals surface area contributed by atoms with Gasteiger partial charge in [-0.2, -0.15) is 0 Å². The van der Waals surface area contributed by atoms with Gasteiger partial charge < -0.3 is 21.8 Å². The fourth-order valence-corrected chi connectivity index (χ4v) is 0. The first-order valence-corrected chi connectivity index (χ1v) is 2.88. The monoisotopic (exact) mass is 196 g/mol. The number of carboxylic acids is 1. The third-order valence-electron chi connectivity index (χ3n) is 0.302. The molecule has 0 aliphatic rings. The first-order chi connectivity index (χ1) is 5.73. The van der Waals surface area contributed by atoms with E-state index in [-0.39, 0.29) is 12.4 Å². The first kappa shape index (κ1) is 17.1. The Morgan fingerprint density at radius 2 is 1.69 bits per heavy atom. The Hall–Kier alpha value is -2.06. The number of hydrogen-bond donors (Lipinski definition) is 5. The fourth-order valence-electron chi connectivity index (χ4n) is 0. The maximum absolute atomic E-state index is 9.37. The Bertz CT molecular complexity index is 150. The zero-order chi connectivity index (χ0) is 11.4. The van der Waals surface area contributed by atoms with Crippen molar-refractivity contribution in [2.45, 2.75) is 13.3 Å². The number of nitrogens with zero attached hydrogens (tertiary/aromatic N) is 1. The van der Waals surface area contributed by atoms with Crippen LogP contribution in [0.4, 0.5) is 0 Å². The van der Waals surface area contributed by atoms with Crippen LogP contribution in [-0.4, -0.2) is 27.3 Å². The molecule has 0 aromatic carbocycles. The van der Waals surface area contributed by atoms with E-state index in [1.807, 2.05) is 0 Å². The lowest BCUT2D eigenvalue weighted by molar-refractivity contribution is -0.742. The van der Waals surface area contributed by atoms with E-state index < -0.39 is 11.1 Å². The summed E-state index contributed by atoms with van der Waals surface area (Å²) in [4.78, 5) is 17.7. The third kappa shape index (κ3) is 174000. The molecule has 0 aliphatic heterocycles. The molecule has 0 fully saturated rings. The second-order valence-corrected chi connectivity index (χ2v) is 1.44. The SMILES string of the molecule is CCC(=O)O.N=C(N)N.O=[N+]([O-])O. The van der Waals surface area contributed by atoms with Crippen molar-refractivity contribution in [3.8, 4) is 0 Å². The summed E-state index contributed by atoms with van der Waals surface area (Å²) in [5.41, 5.74) is 8.94. The molecule has 78 valence electrons. The van der Waals surface area contributed by atoms with Gasteiger partial charge in [0.15, 0.2) is 5.96 Å². The predicted molar refractivity (Wildman–Crippen MR) is 42.8 cm³/mol. The summed E-state index contributed by atoms with van der Waals surface area (Å²) in [6.07, 6.45) is 0.222. The van der Waals surface area contributed by atoms with Crippen molar-refractivity contribution in [1.29, 1.82) is 5.41 Å². The van der Waals surface area contributed by atoms with E-state index in [0.717, 1.165) is 0 Å². The minimum Gasteiger partial charge on any atom is -0.481 e. The Morgan fingerprint density at radius 1 is 1.62 bits per heavy atom. The third-order valence-corrected chi connectivity index (χ3v) is 0.302. The minimum atomic E-state index is -1.50. The van der Waals surface area contributed by atoms with E-state index in [1.54, 1.807) is 6.92 Å². The minimum absolute atomic E-state index is 0.222. The molecule has 0 unspecified atom stereocenters. The van der Waals surface area contributed by atoms with E-state index in [2.05, 4.69) is 11.5 Å². The highest BCUT2D eigenvalue weighted by molar-refractivity contribution is 5.71. The van der Waals surface area contributed by atoms with Crippen molar-refractivity contribution in [2.75, 3.05) is 0 Å². The lowest BCUT2D eigenvalue weighted by atomic mass is 10.5. The van der Waals surface area contributed by atoms with E-state index in [9.17, 15) is 4.79 Å². The number of guanidine groups is 1. The fraction of sp³-hybridized carbons (Fsp3) is 0.500. The second-order valence-electron chi connectivity index (χ2n) is 1.44. The quantitative estimate of drug-likeness (QED) is 0.154. The van der Waals surface area contributed by atoms with Crippen LogP contribution < -0.4 is 11.5 Å². The van der Waals surface area contributed by atoms with Crippen molar-refractivity contribution in [1.82, 2.24) is 0 Å². The van der Waals surface area contributed by atoms with Gasteiger partial charge >= 0.3 is 5.97 Å². The molecular formula is C4H12N4O5. The molecule has 0 spiro atoms. The van der Waals surface area contributed by atoms with Crippen LogP contribution in [-0.2, 0) is 4.79 Å². The summed E-state index contributed by atoms with van der Waals surface area (Å²) in [6.45, 7) is 1.60. The Balaban J connectivity index is -0.000000117. The van der Waals surface area contributed by atoms with Gasteiger partial charge in [-0.25, -0.2) is 0 Å². The van der Waals surface area contributed by atoms with Crippen molar-refractivity contribution < 1.29 is 20.2 Å². The van der Waals surface area contributed by atoms with Gasteiger partial charge in [0.25, 0.3) is 5.09 Å².